The van der Waals surface area contributed by atoms with Crippen molar-refractivity contribution in [3.05, 3.63) is 70.6 Å². The summed E-state index contributed by atoms with van der Waals surface area (Å²) in [7, 11) is 1.28. The Hall–Kier alpha value is -4.43. The Morgan fingerprint density at radius 2 is 2.15 bits per heavy atom. The number of pyridine rings is 1. The number of aliphatic carboxylic acids is 1. The van der Waals surface area contributed by atoms with Crippen LogP contribution in [0.2, 0.25) is 0 Å². The number of benzene rings is 1. The highest BCUT2D eigenvalue weighted by atomic mass is 32.2. The van der Waals surface area contributed by atoms with Crippen LogP contribution in [0.4, 0.5) is 5.13 Å². The van der Waals surface area contributed by atoms with Crippen LogP contribution in [0.5, 0.6) is 0 Å². The first-order valence-corrected chi connectivity index (χ1v) is 13.7. The van der Waals surface area contributed by atoms with Gasteiger partial charge in [-0.05, 0) is 17.7 Å². The van der Waals surface area contributed by atoms with E-state index in [0.29, 0.717) is 17.7 Å². The quantitative estimate of drug-likeness (QED) is 0.122. The van der Waals surface area contributed by atoms with Crippen LogP contribution in [-0.4, -0.2) is 62.6 Å². The number of thiazole rings is 1. The zero-order valence-corrected chi connectivity index (χ0v) is 22.0. The van der Waals surface area contributed by atoms with E-state index in [1.165, 1.54) is 23.8 Å². The molecule has 1 fully saturated rings. The number of hydrogen-bond acceptors (Lipinski definition) is 10. The van der Waals surface area contributed by atoms with Gasteiger partial charge < -0.3 is 25.8 Å². The van der Waals surface area contributed by atoms with Crippen LogP contribution in [-0.2, 0) is 25.6 Å². The van der Waals surface area contributed by atoms with Crippen molar-refractivity contribution in [2.75, 3.05) is 18.6 Å². The van der Waals surface area contributed by atoms with Crippen LogP contribution in [0, 0.1) is 0 Å². The number of H-pyrrole nitrogens is 1. The molecule has 2 amide bonds. The molecule has 39 heavy (non-hydrogen) atoms. The third kappa shape index (κ3) is 4.17. The number of aromatic nitrogens is 3. The Morgan fingerprint density at radius 3 is 2.90 bits per heavy atom. The molecule has 1 saturated heterocycles. The lowest BCUT2D eigenvalue weighted by atomic mass is 10.0. The lowest BCUT2D eigenvalue weighted by Gasteiger charge is -2.50. The van der Waals surface area contributed by atoms with Gasteiger partial charge in [0.1, 0.15) is 35.9 Å². The highest BCUT2D eigenvalue weighted by Crippen LogP contribution is 2.40. The fourth-order valence-corrected chi connectivity index (χ4v) is 6.80. The predicted octanol–water partition coefficient (Wildman–Crippen LogP) is -0.0576. The molecule has 198 valence electrons. The second-order valence-electron chi connectivity index (χ2n) is 8.86. The van der Waals surface area contributed by atoms with Gasteiger partial charge in [0, 0.05) is 29.0 Å². The number of fused-ring (bicyclic) bond motifs is 4. The number of nitrogen functional groups attached to an aromatic ring is 1. The molecule has 0 saturated carbocycles. The number of oxime groups is 1. The second-order valence-corrected chi connectivity index (χ2v) is 10.9. The zero-order valence-electron chi connectivity index (χ0n) is 20.4. The van der Waals surface area contributed by atoms with Crippen LogP contribution >= 0.6 is 23.1 Å². The lowest BCUT2D eigenvalue weighted by molar-refractivity contribution is -0.489. The van der Waals surface area contributed by atoms with Crippen molar-refractivity contribution < 1.29 is 28.7 Å². The number of β-lactam (4-membered cyclic amide) rings is 1. The first-order valence-electron chi connectivity index (χ1n) is 11.8. The number of thioether (sulfide) groups is 1. The highest BCUT2D eigenvalue weighted by molar-refractivity contribution is 8.00. The first-order chi connectivity index (χ1) is 18.9. The number of carboxylic acids is 1. The van der Waals surface area contributed by atoms with E-state index in [2.05, 4.69) is 20.4 Å². The molecule has 0 spiro atoms. The Labute approximate surface area is 229 Å². The van der Waals surface area contributed by atoms with E-state index in [1.807, 2.05) is 47.0 Å². The summed E-state index contributed by atoms with van der Waals surface area (Å²) in [6.07, 6.45) is 2.12. The van der Waals surface area contributed by atoms with Crippen molar-refractivity contribution in [3.8, 4) is 0 Å². The van der Waals surface area contributed by atoms with Gasteiger partial charge >= 0.3 is 0 Å². The van der Waals surface area contributed by atoms with Crippen molar-refractivity contribution >= 4 is 68.3 Å². The molecular formula is C25H21N7O5S2. The third-order valence-electron chi connectivity index (χ3n) is 6.60. The number of nitrogens with one attached hydrogen (secondary N) is 2. The minimum Gasteiger partial charge on any atom is -0.543 e. The monoisotopic (exact) mass is 563 g/mol. The van der Waals surface area contributed by atoms with Gasteiger partial charge in [0.15, 0.2) is 16.5 Å². The van der Waals surface area contributed by atoms with Crippen molar-refractivity contribution in [1.29, 1.82) is 0 Å². The second kappa shape index (κ2) is 9.71. The molecule has 0 bridgehead atoms. The molecule has 12 nitrogen and oxygen atoms in total. The van der Waals surface area contributed by atoms with Gasteiger partial charge in [0.05, 0.1) is 11.7 Å². The standard InChI is InChI=1S/C25H21N7O5S2/c1-37-30-18(15-11-39-25(26)28-15)21(33)29-19-22(34)32-20(24(35)36)13(10-38-23(19)32)8-14-9-27-17-7-6-12-4-2-3-5-16(12)31(14)17/h2-7,9,11,19,23H,8,10H2,1H3,(H4,26,28,29,33,35,36)/b30-18-/t19-,23-/m1/s1. The van der Waals surface area contributed by atoms with E-state index in [4.69, 9.17) is 10.6 Å². The Balaban J connectivity index is 1.27. The molecule has 3 aromatic heterocycles. The fourth-order valence-electron chi connectivity index (χ4n) is 4.91. The summed E-state index contributed by atoms with van der Waals surface area (Å²) >= 11 is 2.50. The molecule has 4 aromatic rings. The number of anilines is 1. The van der Waals surface area contributed by atoms with Crippen molar-refractivity contribution in [1.82, 2.24) is 20.2 Å². The van der Waals surface area contributed by atoms with E-state index in [0.717, 1.165) is 33.6 Å². The lowest BCUT2D eigenvalue weighted by Crippen LogP contribution is -2.71. The summed E-state index contributed by atoms with van der Waals surface area (Å²) in [6, 6.07) is 10.9. The SMILES string of the molecule is CO/N=C(\C(=O)N[C@@H]1C(=O)N2C(C(=O)[O-])=C(Cc3c[nH]c4ccc5ccccc5[n+]34)CS[C@H]12)c1csc(N)n1. The number of nitrogens with zero attached hydrogens (tertiary/aromatic N) is 4. The average Bonchev–Trinajstić information content (AvgIpc) is 3.55. The molecule has 5 heterocycles. The Bertz CT molecular complexity index is 1730. The molecule has 6 rings (SSSR count). The Kier molecular flexibility index (Phi) is 6.19. The number of aromatic amines is 1. The van der Waals surface area contributed by atoms with Crippen LogP contribution in [0.15, 0.2) is 64.4 Å². The summed E-state index contributed by atoms with van der Waals surface area (Å²) in [6.45, 7) is 0. The van der Waals surface area contributed by atoms with E-state index in [-0.39, 0.29) is 22.2 Å². The minimum absolute atomic E-state index is 0.141. The summed E-state index contributed by atoms with van der Waals surface area (Å²) < 4.78 is 2.04. The molecule has 4 N–H and O–H groups in total. The van der Waals surface area contributed by atoms with Crippen LogP contribution in [0.1, 0.15) is 11.4 Å². The van der Waals surface area contributed by atoms with Crippen LogP contribution in [0.3, 0.4) is 0 Å². The normalized spacial score (nSPS) is 19.3. The number of nitrogens with two attached hydrogens (primary N) is 1. The smallest absolute Gasteiger partial charge is 0.284 e. The van der Waals surface area contributed by atoms with Gasteiger partial charge in [0.2, 0.25) is 0 Å². The summed E-state index contributed by atoms with van der Waals surface area (Å²) in [5, 5.41) is 20.9. The zero-order chi connectivity index (χ0) is 27.3. The Morgan fingerprint density at radius 1 is 1.33 bits per heavy atom. The van der Waals surface area contributed by atoms with Crippen molar-refractivity contribution in [3.63, 3.8) is 0 Å². The summed E-state index contributed by atoms with van der Waals surface area (Å²) in [5.74, 6) is -2.34. The molecule has 14 heteroatoms. The van der Waals surface area contributed by atoms with Crippen molar-refractivity contribution in [2.24, 2.45) is 5.16 Å². The van der Waals surface area contributed by atoms with E-state index < -0.39 is 29.2 Å². The fraction of sp³-hybridized carbons (Fsp3) is 0.200. The van der Waals surface area contributed by atoms with Gasteiger partial charge in [0.25, 0.3) is 17.5 Å². The topological polar surface area (TPSA) is 170 Å². The molecule has 2 atom stereocenters. The molecule has 0 radical (unpaired) electrons. The molecule has 2 aliphatic heterocycles. The van der Waals surface area contributed by atoms with Crippen molar-refractivity contribution in [2.45, 2.75) is 17.8 Å². The number of hydrogen-bond donors (Lipinski definition) is 3. The van der Waals surface area contributed by atoms with Gasteiger partial charge in [-0.1, -0.05) is 23.4 Å². The molecule has 1 aromatic carbocycles. The molecule has 2 aliphatic rings. The summed E-state index contributed by atoms with van der Waals surface area (Å²) in [4.78, 5) is 51.7. The van der Waals surface area contributed by atoms with Crippen LogP contribution in [0.25, 0.3) is 16.6 Å². The number of carbonyl (C=O) groups excluding carboxylic acids is 3. The number of amides is 2. The number of carboxylic acid groups (broad SMARTS) is 1. The van der Waals surface area contributed by atoms with Gasteiger partial charge in [-0.2, -0.15) is 4.40 Å². The maximum Gasteiger partial charge on any atom is 0.284 e. The maximum atomic E-state index is 13.2. The van der Waals surface area contributed by atoms with E-state index in [9.17, 15) is 19.5 Å². The summed E-state index contributed by atoms with van der Waals surface area (Å²) in [5.41, 5.74) is 8.80. The van der Waals surface area contributed by atoms with Gasteiger partial charge in [-0.15, -0.1) is 23.1 Å². The molecule has 0 unspecified atom stereocenters. The largest absolute Gasteiger partial charge is 0.543 e. The minimum atomic E-state index is -1.44. The number of rotatable bonds is 7. The predicted molar refractivity (Wildman–Crippen MR) is 142 cm³/mol. The van der Waals surface area contributed by atoms with E-state index in [1.54, 1.807) is 5.38 Å². The molecular weight excluding hydrogens is 542 g/mol. The van der Waals surface area contributed by atoms with Gasteiger partial charge in [-0.25, -0.2) is 9.97 Å². The first kappa shape index (κ1) is 24.9. The van der Waals surface area contributed by atoms with E-state index >= 15 is 0 Å². The van der Waals surface area contributed by atoms with Gasteiger partial charge in [-0.3, -0.25) is 14.5 Å². The van der Waals surface area contributed by atoms with Crippen LogP contribution < -0.4 is 20.6 Å². The molecule has 0 aliphatic carbocycles. The third-order valence-corrected chi connectivity index (χ3v) is 8.61. The highest BCUT2D eigenvalue weighted by Gasteiger charge is 2.53. The number of imidazole rings is 1. The number of carbonyl (C=O) groups is 3. The maximum absolute atomic E-state index is 13.2. The average molecular weight is 564 g/mol. The number of para-hydroxylation sites is 1.